The average molecular weight is 315 g/mol. The second-order valence-electron chi connectivity index (χ2n) is 5.07. The minimum atomic E-state index is -0.0556. The fraction of sp³-hybridized carbons (Fsp3) is 0.267. The van der Waals surface area contributed by atoms with Crippen LogP contribution in [0.4, 0.5) is 5.13 Å². The van der Waals surface area contributed by atoms with E-state index in [1.54, 1.807) is 0 Å². The number of H-pyrrole nitrogens is 1. The Hall–Kier alpha value is -2.41. The van der Waals surface area contributed by atoms with Crippen molar-refractivity contribution in [2.75, 3.05) is 5.32 Å². The van der Waals surface area contributed by atoms with Gasteiger partial charge in [0.15, 0.2) is 5.13 Å². The summed E-state index contributed by atoms with van der Waals surface area (Å²) >= 11 is 1.42. The molecule has 6 nitrogen and oxygen atoms in total. The van der Waals surface area contributed by atoms with E-state index in [1.165, 1.54) is 11.3 Å². The van der Waals surface area contributed by atoms with Crippen LogP contribution in [0.3, 0.4) is 0 Å². The molecule has 0 saturated carbocycles. The molecule has 0 fully saturated rings. The third kappa shape index (κ3) is 3.25. The monoisotopic (exact) mass is 315 g/mol. The van der Waals surface area contributed by atoms with Crippen LogP contribution in [-0.4, -0.2) is 25.7 Å². The number of anilines is 1. The van der Waals surface area contributed by atoms with Gasteiger partial charge < -0.3 is 10.3 Å². The van der Waals surface area contributed by atoms with E-state index in [0.717, 1.165) is 22.8 Å². The van der Waals surface area contributed by atoms with E-state index in [2.05, 4.69) is 20.4 Å². The van der Waals surface area contributed by atoms with Crippen LogP contribution in [0, 0.1) is 13.8 Å². The van der Waals surface area contributed by atoms with Crippen molar-refractivity contribution in [1.29, 1.82) is 0 Å². The van der Waals surface area contributed by atoms with Gasteiger partial charge in [0, 0.05) is 30.2 Å². The zero-order valence-electron chi connectivity index (χ0n) is 12.5. The molecule has 0 atom stereocenters. The molecular weight excluding hydrogens is 298 g/mol. The maximum Gasteiger partial charge on any atom is 0.228 e. The minimum Gasteiger partial charge on any atom is -0.360 e. The summed E-state index contributed by atoms with van der Waals surface area (Å²) in [5, 5.41) is 9.71. The van der Waals surface area contributed by atoms with Crippen molar-refractivity contribution >= 4 is 22.4 Å². The lowest BCUT2D eigenvalue weighted by Crippen LogP contribution is -2.15. The predicted molar refractivity (Wildman–Crippen MR) is 86.8 cm³/mol. The molecule has 2 N–H and O–H groups in total. The molecule has 0 saturated heterocycles. The Balaban J connectivity index is 1.57. The van der Waals surface area contributed by atoms with Crippen molar-refractivity contribution < 1.29 is 4.79 Å². The van der Waals surface area contributed by atoms with Crippen molar-refractivity contribution in [1.82, 2.24) is 19.7 Å². The fourth-order valence-electron chi connectivity index (χ4n) is 2.24. The number of carbonyl (C=O) groups is 1. The van der Waals surface area contributed by atoms with Gasteiger partial charge in [0.05, 0.1) is 17.1 Å². The summed E-state index contributed by atoms with van der Waals surface area (Å²) in [6.45, 7) is 4.50. The van der Waals surface area contributed by atoms with Crippen molar-refractivity contribution in [2.24, 2.45) is 0 Å². The fourth-order valence-corrected chi connectivity index (χ4v) is 2.96. The molecule has 3 heterocycles. The van der Waals surface area contributed by atoms with Crippen LogP contribution in [-0.2, 0) is 11.3 Å². The topological polar surface area (TPSA) is 75.6 Å². The molecule has 0 aliphatic carbocycles. The van der Waals surface area contributed by atoms with Crippen molar-refractivity contribution in [3.63, 3.8) is 0 Å². The Bertz CT molecular complexity index is 772. The molecular formula is C15H17N5OS. The molecule has 22 heavy (non-hydrogen) atoms. The number of thiazole rings is 1. The van der Waals surface area contributed by atoms with Gasteiger partial charge in [-0.15, -0.1) is 11.3 Å². The minimum absolute atomic E-state index is 0.0556. The van der Waals surface area contributed by atoms with Crippen LogP contribution in [0.15, 0.2) is 29.8 Å². The molecule has 0 radical (unpaired) electrons. The number of nitrogens with zero attached hydrogens (tertiary/aromatic N) is 3. The summed E-state index contributed by atoms with van der Waals surface area (Å²) in [5.74, 6) is -0.0556. The van der Waals surface area contributed by atoms with E-state index in [1.807, 2.05) is 48.3 Å². The number of carbonyl (C=O) groups excluding carboxylic acids is 1. The van der Waals surface area contributed by atoms with Crippen LogP contribution in [0.5, 0.6) is 0 Å². The van der Waals surface area contributed by atoms with Gasteiger partial charge in [0.1, 0.15) is 0 Å². The van der Waals surface area contributed by atoms with E-state index in [9.17, 15) is 4.79 Å². The van der Waals surface area contributed by atoms with Gasteiger partial charge in [-0.25, -0.2) is 4.98 Å². The first kappa shape index (κ1) is 14.5. The van der Waals surface area contributed by atoms with Gasteiger partial charge in [-0.3, -0.25) is 9.48 Å². The number of amides is 1. The number of aromatic nitrogens is 4. The zero-order chi connectivity index (χ0) is 15.5. The molecule has 0 aromatic carbocycles. The van der Waals surface area contributed by atoms with E-state index in [0.29, 0.717) is 18.1 Å². The second-order valence-corrected chi connectivity index (χ2v) is 5.93. The lowest BCUT2D eigenvalue weighted by Gasteiger charge is -2.04. The molecule has 0 unspecified atom stereocenters. The van der Waals surface area contributed by atoms with Crippen molar-refractivity contribution in [2.45, 2.75) is 26.8 Å². The summed E-state index contributed by atoms with van der Waals surface area (Å²) < 4.78 is 1.85. The number of aromatic amines is 1. The van der Waals surface area contributed by atoms with Gasteiger partial charge in [0.25, 0.3) is 0 Å². The normalized spacial score (nSPS) is 10.8. The molecule has 0 bridgehead atoms. The van der Waals surface area contributed by atoms with Crippen LogP contribution in [0.1, 0.15) is 17.8 Å². The van der Waals surface area contributed by atoms with Crippen LogP contribution in [0.2, 0.25) is 0 Å². The number of rotatable bonds is 5. The summed E-state index contributed by atoms with van der Waals surface area (Å²) in [6.07, 6.45) is 2.22. The highest BCUT2D eigenvalue weighted by molar-refractivity contribution is 7.14. The maximum absolute atomic E-state index is 12.0. The number of nitrogens with one attached hydrogen (secondary N) is 2. The van der Waals surface area contributed by atoms with Crippen molar-refractivity contribution in [3.8, 4) is 11.4 Å². The number of hydrogen-bond donors (Lipinski definition) is 2. The van der Waals surface area contributed by atoms with Crippen LogP contribution in [0.25, 0.3) is 11.4 Å². The van der Waals surface area contributed by atoms with Gasteiger partial charge in [-0.1, -0.05) is 0 Å². The van der Waals surface area contributed by atoms with E-state index < -0.39 is 0 Å². The molecule has 3 aromatic rings. The molecule has 3 aromatic heterocycles. The van der Waals surface area contributed by atoms with E-state index >= 15 is 0 Å². The highest BCUT2D eigenvalue weighted by atomic mass is 32.1. The van der Waals surface area contributed by atoms with Gasteiger partial charge >= 0.3 is 0 Å². The lowest BCUT2D eigenvalue weighted by molar-refractivity contribution is -0.116. The SMILES string of the molecule is Cc1cc(C)n(CCC(=O)Nc2nc(-c3ccc[nH]3)cs2)n1. The summed E-state index contributed by atoms with van der Waals surface area (Å²) in [5.41, 5.74) is 3.81. The molecule has 7 heteroatoms. The Morgan fingerprint density at radius 1 is 1.45 bits per heavy atom. The molecule has 1 amide bonds. The largest absolute Gasteiger partial charge is 0.360 e. The third-order valence-corrected chi connectivity index (χ3v) is 4.04. The molecule has 0 aliphatic rings. The Kier molecular flexibility index (Phi) is 4.06. The Morgan fingerprint density at radius 3 is 3.00 bits per heavy atom. The zero-order valence-corrected chi connectivity index (χ0v) is 13.3. The smallest absolute Gasteiger partial charge is 0.228 e. The predicted octanol–water partition coefficient (Wildman–Crippen LogP) is 2.98. The maximum atomic E-state index is 12.0. The molecule has 0 aliphatic heterocycles. The molecule has 3 rings (SSSR count). The lowest BCUT2D eigenvalue weighted by atomic mass is 10.3. The first-order valence-electron chi connectivity index (χ1n) is 7.02. The first-order chi connectivity index (χ1) is 10.6. The standard InChI is InChI=1S/C15H17N5OS/c1-10-8-11(2)20(19-10)7-5-14(21)18-15-17-13(9-22-15)12-4-3-6-16-12/h3-4,6,8-9,16H,5,7H2,1-2H3,(H,17,18,21). The van der Waals surface area contributed by atoms with Gasteiger partial charge in [-0.05, 0) is 32.0 Å². The Labute approximate surface area is 132 Å². The average Bonchev–Trinajstić information content (AvgIpc) is 3.17. The van der Waals surface area contributed by atoms with Crippen LogP contribution >= 0.6 is 11.3 Å². The number of aryl methyl sites for hydroxylation is 3. The van der Waals surface area contributed by atoms with Crippen molar-refractivity contribution in [3.05, 3.63) is 41.2 Å². The number of hydrogen-bond acceptors (Lipinski definition) is 4. The Morgan fingerprint density at radius 2 is 2.32 bits per heavy atom. The van der Waals surface area contributed by atoms with E-state index in [4.69, 9.17) is 0 Å². The summed E-state index contributed by atoms with van der Waals surface area (Å²) in [6, 6.07) is 5.87. The van der Waals surface area contributed by atoms with Crippen LogP contribution < -0.4 is 5.32 Å². The molecule has 114 valence electrons. The molecule has 0 spiro atoms. The highest BCUT2D eigenvalue weighted by Gasteiger charge is 2.09. The van der Waals surface area contributed by atoms with Gasteiger partial charge in [0.2, 0.25) is 5.91 Å². The summed E-state index contributed by atoms with van der Waals surface area (Å²) in [4.78, 5) is 19.5. The summed E-state index contributed by atoms with van der Waals surface area (Å²) in [7, 11) is 0. The quantitative estimate of drug-likeness (QED) is 0.760. The third-order valence-electron chi connectivity index (χ3n) is 3.28. The highest BCUT2D eigenvalue weighted by Crippen LogP contribution is 2.23. The second kappa shape index (κ2) is 6.15. The van der Waals surface area contributed by atoms with E-state index in [-0.39, 0.29) is 5.91 Å². The first-order valence-corrected chi connectivity index (χ1v) is 7.90. The van der Waals surface area contributed by atoms with Gasteiger partial charge in [-0.2, -0.15) is 5.10 Å².